The molecular formula is C13H14BrF3N2S. The Kier molecular flexibility index (Phi) is 4.69. The standard InChI is InChI=1S/C13H14BrF3N2S/c1-7(2)11-6-20-12(19-11)18-8-3-4-10(14)9(5-8)13(15,16)17/h3-5,7,11H,6H2,1-2H3,(H,18,19). The second-order valence-corrected chi connectivity index (χ2v) is 6.74. The van der Waals surface area contributed by atoms with Crippen molar-refractivity contribution in [2.75, 3.05) is 11.1 Å². The summed E-state index contributed by atoms with van der Waals surface area (Å²) in [5, 5.41) is 3.64. The van der Waals surface area contributed by atoms with E-state index in [2.05, 4.69) is 40.1 Å². The molecule has 20 heavy (non-hydrogen) atoms. The first-order valence-electron chi connectivity index (χ1n) is 6.11. The van der Waals surface area contributed by atoms with Crippen molar-refractivity contribution in [3.63, 3.8) is 0 Å². The average Bonchev–Trinajstić information content (AvgIpc) is 2.79. The molecular weight excluding hydrogens is 353 g/mol. The number of nitrogens with zero attached hydrogens (tertiary/aromatic N) is 1. The van der Waals surface area contributed by atoms with Crippen molar-refractivity contribution < 1.29 is 13.2 Å². The zero-order valence-corrected chi connectivity index (χ0v) is 13.4. The van der Waals surface area contributed by atoms with Gasteiger partial charge in [0.15, 0.2) is 5.17 Å². The highest BCUT2D eigenvalue weighted by Gasteiger charge is 2.33. The van der Waals surface area contributed by atoms with Gasteiger partial charge in [-0.3, -0.25) is 4.99 Å². The number of aliphatic imine (C=N–C) groups is 1. The summed E-state index contributed by atoms with van der Waals surface area (Å²) in [6.07, 6.45) is -4.37. The van der Waals surface area contributed by atoms with Crippen molar-refractivity contribution in [3.05, 3.63) is 28.2 Å². The predicted octanol–water partition coefficient (Wildman–Crippen LogP) is 5.01. The number of rotatable bonds is 2. The summed E-state index contributed by atoms with van der Waals surface area (Å²) in [4.78, 5) is 4.47. The lowest BCUT2D eigenvalue weighted by atomic mass is 10.1. The molecule has 1 aliphatic rings. The highest BCUT2D eigenvalue weighted by Crippen LogP contribution is 2.36. The Bertz CT molecular complexity index is 529. The first kappa shape index (κ1) is 15.7. The number of nitrogens with one attached hydrogen (secondary N) is 1. The number of halogens is 4. The van der Waals surface area contributed by atoms with Crippen LogP contribution in [-0.2, 0) is 6.18 Å². The molecule has 0 radical (unpaired) electrons. The van der Waals surface area contributed by atoms with E-state index in [-0.39, 0.29) is 10.5 Å². The molecule has 1 aliphatic heterocycles. The Morgan fingerprint density at radius 2 is 2.10 bits per heavy atom. The number of benzene rings is 1. The van der Waals surface area contributed by atoms with Crippen molar-refractivity contribution in [2.24, 2.45) is 10.9 Å². The monoisotopic (exact) mass is 366 g/mol. The average molecular weight is 367 g/mol. The molecule has 0 bridgehead atoms. The van der Waals surface area contributed by atoms with Gasteiger partial charge in [-0.05, 0) is 24.1 Å². The van der Waals surface area contributed by atoms with Gasteiger partial charge in [0.2, 0.25) is 0 Å². The summed E-state index contributed by atoms with van der Waals surface area (Å²) in [7, 11) is 0. The Morgan fingerprint density at radius 1 is 1.40 bits per heavy atom. The van der Waals surface area contributed by atoms with Crippen molar-refractivity contribution >= 4 is 38.5 Å². The fraction of sp³-hybridized carbons (Fsp3) is 0.462. The van der Waals surface area contributed by atoms with E-state index in [1.165, 1.54) is 17.8 Å². The SMILES string of the molecule is CC(C)C1CSC(Nc2ccc(Br)c(C(F)(F)F)c2)=N1. The Balaban J connectivity index is 2.17. The molecule has 7 heteroatoms. The molecule has 2 rings (SSSR count). The Hall–Kier alpha value is -0.690. The number of hydrogen-bond acceptors (Lipinski definition) is 3. The summed E-state index contributed by atoms with van der Waals surface area (Å²) >= 11 is 4.46. The summed E-state index contributed by atoms with van der Waals surface area (Å²) in [6, 6.07) is 4.31. The fourth-order valence-corrected chi connectivity index (χ4v) is 3.40. The summed E-state index contributed by atoms with van der Waals surface area (Å²) in [6.45, 7) is 4.16. The second kappa shape index (κ2) is 5.97. The Morgan fingerprint density at radius 3 is 2.65 bits per heavy atom. The van der Waals surface area contributed by atoms with Gasteiger partial charge in [-0.2, -0.15) is 13.2 Å². The summed E-state index contributed by atoms with van der Waals surface area (Å²) < 4.78 is 38.5. The van der Waals surface area contributed by atoms with Gasteiger partial charge in [0, 0.05) is 15.9 Å². The number of alkyl halides is 3. The van der Waals surface area contributed by atoms with Gasteiger partial charge in [-0.25, -0.2) is 0 Å². The predicted molar refractivity (Wildman–Crippen MR) is 81.3 cm³/mol. The van der Waals surface area contributed by atoms with Crippen molar-refractivity contribution in [2.45, 2.75) is 26.1 Å². The number of amidine groups is 1. The maximum atomic E-state index is 12.8. The molecule has 1 aromatic carbocycles. The lowest BCUT2D eigenvalue weighted by Gasteiger charge is -2.12. The lowest BCUT2D eigenvalue weighted by Crippen LogP contribution is -2.12. The summed E-state index contributed by atoms with van der Waals surface area (Å²) in [5.74, 6) is 1.29. The molecule has 0 saturated heterocycles. The minimum absolute atomic E-state index is 0.0385. The van der Waals surface area contributed by atoms with Crippen LogP contribution in [0.5, 0.6) is 0 Å². The largest absolute Gasteiger partial charge is 0.417 e. The fourth-order valence-electron chi connectivity index (χ4n) is 1.74. The van der Waals surface area contributed by atoms with Crippen LogP contribution in [0.2, 0.25) is 0 Å². The third-order valence-electron chi connectivity index (χ3n) is 2.97. The van der Waals surface area contributed by atoms with Crippen LogP contribution in [0.25, 0.3) is 0 Å². The van der Waals surface area contributed by atoms with Crippen LogP contribution in [0.4, 0.5) is 18.9 Å². The molecule has 0 aromatic heterocycles. The number of hydrogen-bond donors (Lipinski definition) is 1. The molecule has 0 aliphatic carbocycles. The molecule has 2 nitrogen and oxygen atoms in total. The third kappa shape index (κ3) is 3.69. The molecule has 1 atom stereocenters. The molecule has 0 amide bonds. The van der Waals surface area contributed by atoms with Gasteiger partial charge in [0.1, 0.15) is 0 Å². The molecule has 1 aromatic rings. The van der Waals surface area contributed by atoms with E-state index < -0.39 is 11.7 Å². The first-order valence-corrected chi connectivity index (χ1v) is 7.89. The lowest BCUT2D eigenvalue weighted by molar-refractivity contribution is -0.138. The molecule has 0 saturated carbocycles. The van der Waals surface area contributed by atoms with E-state index in [0.717, 1.165) is 11.8 Å². The molecule has 1 unspecified atom stereocenters. The minimum Gasteiger partial charge on any atom is -0.335 e. The van der Waals surface area contributed by atoms with E-state index in [0.29, 0.717) is 16.8 Å². The van der Waals surface area contributed by atoms with E-state index in [1.54, 1.807) is 6.07 Å². The minimum atomic E-state index is -4.37. The van der Waals surface area contributed by atoms with Crippen LogP contribution >= 0.6 is 27.7 Å². The van der Waals surface area contributed by atoms with Gasteiger partial charge in [-0.1, -0.05) is 41.5 Å². The van der Waals surface area contributed by atoms with Crippen molar-refractivity contribution in [1.29, 1.82) is 0 Å². The highest BCUT2D eigenvalue weighted by atomic mass is 79.9. The van der Waals surface area contributed by atoms with Crippen LogP contribution in [0.3, 0.4) is 0 Å². The maximum Gasteiger partial charge on any atom is 0.417 e. The zero-order chi connectivity index (χ0) is 14.9. The number of thioether (sulfide) groups is 1. The van der Waals surface area contributed by atoms with Crippen LogP contribution in [0.15, 0.2) is 27.7 Å². The summed E-state index contributed by atoms with van der Waals surface area (Å²) in [5.41, 5.74) is -0.289. The van der Waals surface area contributed by atoms with E-state index in [4.69, 9.17) is 0 Å². The highest BCUT2D eigenvalue weighted by molar-refractivity contribution is 9.10. The Labute approximate surface area is 128 Å². The third-order valence-corrected chi connectivity index (χ3v) is 4.65. The normalized spacial score (nSPS) is 19.4. The van der Waals surface area contributed by atoms with E-state index in [9.17, 15) is 13.2 Å². The van der Waals surface area contributed by atoms with Gasteiger partial charge in [-0.15, -0.1) is 0 Å². The van der Waals surface area contributed by atoms with Crippen molar-refractivity contribution in [3.8, 4) is 0 Å². The van der Waals surface area contributed by atoms with E-state index in [1.807, 2.05) is 0 Å². The smallest absolute Gasteiger partial charge is 0.335 e. The quantitative estimate of drug-likeness (QED) is 0.795. The molecule has 1 heterocycles. The molecule has 0 spiro atoms. The van der Waals surface area contributed by atoms with Gasteiger partial charge < -0.3 is 5.32 Å². The molecule has 1 N–H and O–H groups in total. The van der Waals surface area contributed by atoms with Crippen molar-refractivity contribution in [1.82, 2.24) is 0 Å². The molecule has 110 valence electrons. The second-order valence-electron chi connectivity index (χ2n) is 4.87. The molecule has 0 fully saturated rings. The van der Waals surface area contributed by atoms with E-state index >= 15 is 0 Å². The van der Waals surface area contributed by atoms with Gasteiger partial charge >= 0.3 is 6.18 Å². The zero-order valence-electron chi connectivity index (χ0n) is 11.0. The van der Waals surface area contributed by atoms with Crippen LogP contribution in [0.1, 0.15) is 19.4 Å². The van der Waals surface area contributed by atoms with Gasteiger partial charge in [0.25, 0.3) is 0 Å². The maximum absolute atomic E-state index is 12.8. The van der Waals surface area contributed by atoms with Crippen LogP contribution in [0, 0.1) is 5.92 Å². The topological polar surface area (TPSA) is 24.4 Å². The first-order chi connectivity index (χ1) is 9.27. The number of anilines is 1. The van der Waals surface area contributed by atoms with Gasteiger partial charge in [0.05, 0.1) is 11.6 Å². The van der Waals surface area contributed by atoms with Crippen LogP contribution in [-0.4, -0.2) is 17.0 Å². The van der Waals surface area contributed by atoms with Crippen LogP contribution < -0.4 is 5.32 Å².